The first-order valence-electron chi connectivity index (χ1n) is 7.87. The van der Waals surface area contributed by atoms with Crippen LogP contribution in [0.2, 0.25) is 0 Å². The molecule has 0 heterocycles. The van der Waals surface area contributed by atoms with Gasteiger partial charge in [0, 0.05) is 12.5 Å². The number of hydrogen-bond acceptors (Lipinski definition) is 4. The van der Waals surface area contributed by atoms with Crippen molar-refractivity contribution in [3.05, 3.63) is 29.8 Å². The van der Waals surface area contributed by atoms with Crippen LogP contribution in [0, 0.1) is 0 Å². The van der Waals surface area contributed by atoms with E-state index in [-0.39, 0.29) is 47.6 Å². The molecule has 0 bridgehead atoms. The number of carboxylic acid groups (broad SMARTS) is 1. The molecule has 2 N–H and O–H groups in total. The monoisotopic (exact) mass is 329 g/mol. The van der Waals surface area contributed by atoms with Gasteiger partial charge < -0.3 is 20.3 Å². The van der Waals surface area contributed by atoms with Gasteiger partial charge in [0.25, 0.3) is 5.91 Å². The Hall–Kier alpha value is -1.04. The molecular formula is C17H24NNaO4. The molecular weight excluding hydrogens is 305 g/mol. The second-order valence-corrected chi connectivity index (χ2v) is 5.37. The van der Waals surface area contributed by atoms with Crippen LogP contribution in [0.3, 0.4) is 0 Å². The van der Waals surface area contributed by atoms with Crippen LogP contribution in [-0.2, 0) is 4.79 Å². The van der Waals surface area contributed by atoms with Crippen molar-refractivity contribution in [2.24, 2.45) is 0 Å². The molecule has 23 heavy (non-hydrogen) atoms. The molecule has 0 saturated carbocycles. The maximum atomic E-state index is 11.8. The third-order valence-corrected chi connectivity index (χ3v) is 3.49. The van der Waals surface area contributed by atoms with Crippen LogP contribution in [0.4, 0.5) is 0 Å². The van der Waals surface area contributed by atoms with Crippen LogP contribution < -0.4 is 40.0 Å². The molecule has 0 aromatic heterocycles. The van der Waals surface area contributed by atoms with Gasteiger partial charge in [-0.2, -0.15) is 0 Å². The fourth-order valence-corrected chi connectivity index (χ4v) is 2.24. The molecule has 1 aromatic rings. The molecule has 5 nitrogen and oxygen atoms in total. The van der Waals surface area contributed by atoms with Crippen LogP contribution in [0.15, 0.2) is 24.3 Å². The predicted octanol–water partition coefficient (Wildman–Crippen LogP) is -1.00. The van der Waals surface area contributed by atoms with Crippen molar-refractivity contribution >= 4 is 11.9 Å². The van der Waals surface area contributed by atoms with Crippen LogP contribution in [0.5, 0.6) is 5.75 Å². The third-order valence-electron chi connectivity index (χ3n) is 3.49. The van der Waals surface area contributed by atoms with E-state index in [1.807, 2.05) is 0 Å². The molecule has 0 radical (unpaired) electrons. The largest absolute Gasteiger partial charge is 1.00 e. The van der Waals surface area contributed by atoms with E-state index < -0.39 is 5.97 Å². The first-order valence-corrected chi connectivity index (χ1v) is 7.87. The SMILES string of the molecule is O=C([O-])CCCCCCCCCNC(=O)c1ccccc1O.[Na+]. The summed E-state index contributed by atoms with van der Waals surface area (Å²) in [6.07, 6.45) is 6.91. The van der Waals surface area contributed by atoms with Gasteiger partial charge in [0.2, 0.25) is 0 Å². The van der Waals surface area contributed by atoms with E-state index >= 15 is 0 Å². The zero-order valence-electron chi connectivity index (χ0n) is 13.8. The Kier molecular flexibility index (Phi) is 12.8. The summed E-state index contributed by atoms with van der Waals surface area (Å²) in [6.45, 7) is 0.595. The maximum Gasteiger partial charge on any atom is 1.00 e. The van der Waals surface area contributed by atoms with E-state index in [0.29, 0.717) is 18.5 Å². The Morgan fingerprint density at radius 1 is 0.957 bits per heavy atom. The zero-order chi connectivity index (χ0) is 16.2. The molecule has 122 valence electrons. The van der Waals surface area contributed by atoms with Gasteiger partial charge in [0.05, 0.1) is 5.56 Å². The number of aliphatic carboxylic acids is 1. The van der Waals surface area contributed by atoms with Gasteiger partial charge in [-0.25, -0.2) is 0 Å². The second kappa shape index (κ2) is 13.4. The smallest absolute Gasteiger partial charge is 0.550 e. The Bertz CT molecular complexity index is 479. The van der Waals surface area contributed by atoms with Crippen molar-refractivity contribution in [3.8, 4) is 5.75 Å². The summed E-state index contributed by atoms with van der Waals surface area (Å²) in [5.74, 6) is -1.22. The number of hydrogen-bond donors (Lipinski definition) is 2. The molecule has 1 rings (SSSR count). The third kappa shape index (κ3) is 10.4. The fourth-order valence-electron chi connectivity index (χ4n) is 2.24. The Labute approximate surface area is 159 Å². The van der Waals surface area contributed by atoms with Gasteiger partial charge in [0.15, 0.2) is 0 Å². The summed E-state index contributed by atoms with van der Waals surface area (Å²) < 4.78 is 0. The molecule has 0 atom stereocenters. The summed E-state index contributed by atoms with van der Waals surface area (Å²) in [5, 5.41) is 22.6. The molecule has 0 spiro atoms. The minimum atomic E-state index is -0.972. The molecule has 0 aliphatic carbocycles. The Balaban J connectivity index is 0.00000484. The molecule has 1 aromatic carbocycles. The van der Waals surface area contributed by atoms with E-state index in [4.69, 9.17) is 0 Å². The first kappa shape index (κ1) is 22.0. The van der Waals surface area contributed by atoms with Gasteiger partial charge in [-0.15, -0.1) is 0 Å². The van der Waals surface area contributed by atoms with E-state index in [2.05, 4.69) is 5.32 Å². The standard InChI is InChI=1S/C17H25NO4.Na/c19-15-11-8-7-10-14(15)17(22)18-13-9-5-3-1-2-4-6-12-16(20)21;/h7-8,10-11,19H,1-6,9,12-13H2,(H,18,22)(H,20,21);/q;+1/p-1. The number of rotatable bonds is 11. The van der Waals surface area contributed by atoms with Crippen molar-refractivity contribution in [2.45, 2.75) is 51.4 Å². The fraction of sp³-hybridized carbons (Fsp3) is 0.529. The molecule has 0 saturated heterocycles. The van der Waals surface area contributed by atoms with Crippen LogP contribution in [0.1, 0.15) is 61.7 Å². The summed E-state index contributed by atoms with van der Waals surface area (Å²) in [4.78, 5) is 22.0. The number of carbonyl (C=O) groups is 2. The summed E-state index contributed by atoms with van der Waals surface area (Å²) in [6, 6.07) is 6.49. The number of phenols is 1. The normalized spacial score (nSPS) is 9.91. The Morgan fingerprint density at radius 2 is 1.52 bits per heavy atom. The van der Waals surface area contributed by atoms with Crippen molar-refractivity contribution in [1.29, 1.82) is 0 Å². The number of carboxylic acids is 1. The number of nitrogens with one attached hydrogen (secondary N) is 1. The number of phenolic OH excluding ortho intramolecular Hbond substituents is 1. The minimum Gasteiger partial charge on any atom is -0.550 e. The number of benzene rings is 1. The zero-order valence-corrected chi connectivity index (χ0v) is 15.8. The van der Waals surface area contributed by atoms with E-state index in [0.717, 1.165) is 38.5 Å². The van der Waals surface area contributed by atoms with Crippen molar-refractivity contribution in [3.63, 3.8) is 0 Å². The number of unbranched alkanes of at least 4 members (excludes halogenated alkanes) is 6. The van der Waals surface area contributed by atoms with E-state index in [9.17, 15) is 19.8 Å². The molecule has 1 amide bonds. The van der Waals surface area contributed by atoms with Crippen LogP contribution in [-0.4, -0.2) is 23.5 Å². The van der Waals surface area contributed by atoms with Gasteiger partial charge >= 0.3 is 29.6 Å². The number of aromatic hydroxyl groups is 1. The average Bonchev–Trinajstić information content (AvgIpc) is 2.49. The minimum absolute atomic E-state index is 0. The summed E-state index contributed by atoms with van der Waals surface area (Å²) >= 11 is 0. The van der Waals surface area contributed by atoms with Gasteiger partial charge in [-0.05, 0) is 31.4 Å². The van der Waals surface area contributed by atoms with Gasteiger partial charge in [-0.3, -0.25) is 4.79 Å². The molecule has 0 unspecified atom stereocenters. The summed E-state index contributed by atoms with van der Waals surface area (Å²) in [7, 11) is 0. The van der Waals surface area contributed by atoms with Gasteiger partial charge in [-0.1, -0.05) is 44.2 Å². The number of para-hydroxylation sites is 1. The average molecular weight is 329 g/mol. The predicted molar refractivity (Wildman–Crippen MR) is 82.4 cm³/mol. The van der Waals surface area contributed by atoms with Crippen molar-refractivity contribution < 1.29 is 49.4 Å². The molecule has 0 fully saturated rings. The van der Waals surface area contributed by atoms with Gasteiger partial charge in [0.1, 0.15) is 5.75 Å². The molecule has 0 aliphatic heterocycles. The maximum absolute atomic E-state index is 11.8. The quantitative estimate of drug-likeness (QED) is 0.402. The molecule has 6 heteroatoms. The molecule has 0 aliphatic rings. The van der Waals surface area contributed by atoms with E-state index in [1.54, 1.807) is 18.2 Å². The topological polar surface area (TPSA) is 89.5 Å². The van der Waals surface area contributed by atoms with Crippen LogP contribution >= 0.6 is 0 Å². The second-order valence-electron chi connectivity index (χ2n) is 5.37. The van der Waals surface area contributed by atoms with E-state index in [1.165, 1.54) is 6.07 Å². The van der Waals surface area contributed by atoms with Crippen molar-refractivity contribution in [2.75, 3.05) is 6.54 Å². The van der Waals surface area contributed by atoms with Crippen LogP contribution in [0.25, 0.3) is 0 Å². The summed E-state index contributed by atoms with van der Waals surface area (Å²) in [5.41, 5.74) is 0.301. The Morgan fingerprint density at radius 3 is 2.13 bits per heavy atom. The number of amides is 1. The first-order chi connectivity index (χ1) is 10.6. The number of carbonyl (C=O) groups excluding carboxylic acids is 2. The van der Waals surface area contributed by atoms with Crippen molar-refractivity contribution in [1.82, 2.24) is 5.32 Å².